The smallest absolute Gasteiger partial charge is 0.244 e. The minimum absolute atomic E-state index is 0.197. The molecule has 1 N–H and O–H groups in total. The topological polar surface area (TPSA) is 85.1 Å². The van der Waals surface area contributed by atoms with Crippen LogP contribution in [0.3, 0.4) is 0 Å². The van der Waals surface area contributed by atoms with Gasteiger partial charge in [0.05, 0.1) is 10.9 Å². The first kappa shape index (κ1) is 16.4. The molecule has 0 aliphatic carbocycles. The number of sulfonamides is 1. The lowest BCUT2D eigenvalue weighted by molar-refractivity contribution is 0.354. The molecule has 1 aromatic heterocycles. The minimum Gasteiger partial charge on any atom is -0.337 e. The molecule has 24 heavy (non-hydrogen) atoms. The van der Waals surface area contributed by atoms with Gasteiger partial charge in [-0.2, -0.15) is 9.71 Å². The monoisotopic (exact) mass is 343 g/mol. The van der Waals surface area contributed by atoms with Crippen molar-refractivity contribution in [1.82, 2.24) is 14.9 Å². The van der Waals surface area contributed by atoms with Gasteiger partial charge in [-0.3, -0.25) is 0 Å². The molecule has 6 nitrogen and oxygen atoms in total. The Hall–Kier alpha value is -2.51. The first-order valence-electron chi connectivity index (χ1n) is 7.44. The molecular weight excluding hydrogens is 326 g/mol. The van der Waals surface area contributed by atoms with Crippen LogP contribution < -0.4 is 4.72 Å². The molecule has 1 atom stereocenters. The van der Waals surface area contributed by atoms with E-state index in [1.54, 1.807) is 31.2 Å². The fourth-order valence-electron chi connectivity index (χ4n) is 2.18. The Balaban J connectivity index is 1.79. The number of aryl methyl sites for hydroxylation is 1. The predicted molar refractivity (Wildman–Crippen MR) is 89.6 cm³/mol. The SMILES string of the molecule is Cc1ccc(S(=O)(=O)N[C@H](C)c2nc(-c3ccccc3)no2)cc1. The number of nitrogens with one attached hydrogen (secondary N) is 1. The highest BCUT2D eigenvalue weighted by Crippen LogP contribution is 2.20. The summed E-state index contributed by atoms with van der Waals surface area (Å²) in [6.07, 6.45) is 0. The summed E-state index contributed by atoms with van der Waals surface area (Å²) in [4.78, 5) is 4.46. The van der Waals surface area contributed by atoms with Gasteiger partial charge in [-0.05, 0) is 26.0 Å². The summed E-state index contributed by atoms with van der Waals surface area (Å²) >= 11 is 0. The van der Waals surface area contributed by atoms with Crippen LogP contribution in [0.5, 0.6) is 0 Å². The number of nitrogens with zero attached hydrogens (tertiary/aromatic N) is 2. The second-order valence-electron chi connectivity index (χ2n) is 5.48. The Morgan fingerprint density at radius 3 is 2.38 bits per heavy atom. The zero-order valence-corrected chi connectivity index (χ0v) is 14.1. The molecule has 0 spiro atoms. The standard InChI is InChI=1S/C17H17N3O3S/c1-12-8-10-15(11-9-12)24(21,22)20-13(2)17-18-16(19-23-17)14-6-4-3-5-7-14/h3-11,13,20H,1-2H3/t13-/m1/s1. The normalized spacial score (nSPS) is 12.9. The summed E-state index contributed by atoms with van der Waals surface area (Å²) in [5, 5.41) is 3.90. The molecule has 0 radical (unpaired) electrons. The fourth-order valence-corrected chi connectivity index (χ4v) is 3.38. The summed E-state index contributed by atoms with van der Waals surface area (Å²) < 4.78 is 32.5. The molecule has 0 aliphatic rings. The van der Waals surface area contributed by atoms with Crippen molar-refractivity contribution in [2.45, 2.75) is 24.8 Å². The first-order chi connectivity index (χ1) is 11.5. The molecule has 1 heterocycles. The molecular formula is C17H17N3O3S. The highest BCUT2D eigenvalue weighted by Gasteiger charge is 2.22. The molecule has 3 rings (SSSR count). The van der Waals surface area contributed by atoms with Gasteiger partial charge in [0, 0.05) is 5.56 Å². The Kier molecular flexibility index (Phi) is 4.46. The lowest BCUT2D eigenvalue weighted by Crippen LogP contribution is -2.27. The Bertz CT molecular complexity index is 919. The van der Waals surface area contributed by atoms with E-state index < -0.39 is 16.1 Å². The number of rotatable bonds is 5. The van der Waals surface area contributed by atoms with Gasteiger partial charge in [0.2, 0.25) is 21.7 Å². The molecule has 0 aliphatic heterocycles. The number of aromatic nitrogens is 2. The second-order valence-corrected chi connectivity index (χ2v) is 7.19. The highest BCUT2D eigenvalue weighted by molar-refractivity contribution is 7.89. The van der Waals surface area contributed by atoms with Crippen LogP contribution in [0.15, 0.2) is 64.0 Å². The maximum atomic E-state index is 12.4. The lowest BCUT2D eigenvalue weighted by Gasteiger charge is -2.10. The molecule has 2 aromatic carbocycles. The predicted octanol–water partition coefficient (Wildman–Crippen LogP) is 3.08. The van der Waals surface area contributed by atoms with Crippen molar-refractivity contribution in [2.24, 2.45) is 0 Å². The number of hydrogen-bond donors (Lipinski definition) is 1. The van der Waals surface area contributed by atoms with Gasteiger partial charge in [-0.25, -0.2) is 8.42 Å². The van der Waals surface area contributed by atoms with Gasteiger partial charge in [-0.1, -0.05) is 53.2 Å². The third-order valence-corrected chi connectivity index (χ3v) is 5.06. The van der Waals surface area contributed by atoms with Gasteiger partial charge in [0.15, 0.2) is 0 Å². The van der Waals surface area contributed by atoms with E-state index in [4.69, 9.17) is 4.52 Å². The minimum atomic E-state index is -3.66. The Morgan fingerprint density at radius 2 is 1.71 bits per heavy atom. The summed E-state index contributed by atoms with van der Waals surface area (Å²) in [7, 11) is -3.66. The van der Waals surface area contributed by atoms with E-state index in [1.807, 2.05) is 37.3 Å². The van der Waals surface area contributed by atoms with E-state index in [9.17, 15) is 8.42 Å². The summed E-state index contributed by atoms with van der Waals surface area (Å²) in [5.41, 5.74) is 1.80. The Morgan fingerprint density at radius 1 is 1.04 bits per heavy atom. The van der Waals surface area contributed by atoms with E-state index in [0.29, 0.717) is 5.82 Å². The van der Waals surface area contributed by atoms with Crippen LogP contribution in [0.2, 0.25) is 0 Å². The van der Waals surface area contributed by atoms with Gasteiger partial charge in [0.25, 0.3) is 0 Å². The van der Waals surface area contributed by atoms with E-state index in [2.05, 4.69) is 14.9 Å². The van der Waals surface area contributed by atoms with Crippen LogP contribution in [0.4, 0.5) is 0 Å². The Labute approximate surface area is 140 Å². The molecule has 0 saturated heterocycles. The first-order valence-corrected chi connectivity index (χ1v) is 8.92. The van der Waals surface area contributed by atoms with Crippen LogP contribution in [0.25, 0.3) is 11.4 Å². The van der Waals surface area contributed by atoms with Crippen LogP contribution in [-0.2, 0) is 10.0 Å². The van der Waals surface area contributed by atoms with Crippen molar-refractivity contribution in [3.8, 4) is 11.4 Å². The van der Waals surface area contributed by atoms with E-state index >= 15 is 0 Å². The zero-order chi connectivity index (χ0) is 17.2. The van der Waals surface area contributed by atoms with Crippen molar-refractivity contribution in [3.05, 3.63) is 66.1 Å². The largest absolute Gasteiger partial charge is 0.337 e. The summed E-state index contributed by atoms with van der Waals surface area (Å²) in [6.45, 7) is 3.56. The third-order valence-electron chi connectivity index (χ3n) is 3.51. The zero-order valence-electron chi connectivity index (χ0n) is 13.3. The van der Waals surface area contributed by atoms with E-state index in [1.165, 1.54) is 0 Å². The van der Waals surface area contributed by atoms with Crippen LogP contribution >= 0.6 is 0 Å². The molecule has 0 amide bonds. The molecule has 0 bridgehead atoms. The molecule has 124 valence electrons. The van der Waals surface area contributed by atoms with Gasteiger partial charge in [-0.15, -0.1) is 0 Å². The van der Waals surface area contributed by atoms with Crippen molar-refractivity contribution in [2.75, 3.05) is 0 Å². The van der Waals surface area contributed by atoms with Crippen molar-refractivity contribution < 1.29 is 12.9 Å². The van der Waals surface area contributed by atoms with E-state index in [-0.39, 0.29) is 10.8 Å². The second kappa shape index (κ2) is 6.54. The summed E-state index contributed by atoms with van der Waals surface area (Å²) in [6, 6.07) is 15.3. The van der Waals surface area contributed by atoms with Crippen molar-refractivity contribution in [3.63, 3.8) is 0 Å². The van der Waals surface area contributed by atoms with Gasteiger partial charge < -0.3 is 4.52 Å². The number of hydrogen-bond acceptors (Lipinski definition) is 5. The van der Waals surface area contributed by atoms with E-state index in [0.717, 1.165) is 11.1 Å². The molecule has 7 heteroatoms. The molecule has 0 fully saturated rings. The maximum Gasteiger partial charge on any atom is 0.244 e. The highest BCUT2D eigenvalue weighted by atomic mass is 32.2. The fraction of sp³-hybridized carbons (Fsp3) is 0.176. The van der Waals surface area contributed by atoms with Crippen LogP contribution in [-0.4, -0.2) is 18.6 Å². The van der Waals surface area contributed by atoms with Crippen LogP contribution in [0.1, 0.15) is 24.4 Å². The van der Waals surface area contributed by atoms with Crippen molar-refractivity contribution >= 4 is 10.0 Å². The van der Waals surface area contributed by atoms with Crippen LogP contribution in [0, 0.1) is 6.92 Å². The lowest BCUT2D eigenvalue weighted by atomic mass is 10.2. The average Bonchev–Trinajstić information content (AvgIpc) is 3.06. The summed E-state index contributed by atoms with van der Waals surface area (Å²) in [5.74, 6) is 0.636. The third kappa shape index (κ3) is 3.52. The van der Waals surface area contributed by atoms with Crippen molar-refractivity contribution in [1.29, 1.82) is 0 Å². The number of benzene rings is 2. The molecule has 0 unspecified atom stereocenters. The molecule has 0 saturated carbocycles. The average molecular weight is 343 g/mol. The maximum absolute atomic E-state index is 12.4. The van der Waals surface area contributed by atoms with Gasteiger partial charge >= 0.3 is 0 Å². The molecule has 3 aromatic rings. The quantitative estimate of drug-likeness (QED) is 0.769. The van der Waals surface area contributed by atoms with Gasteiger partial charge in [0.1, 0.15) is 0 Å².